The number of benzene rings is 1. The van der Waals surface area contributed by atoms with Gasteiger partial charge in [0.25, 0.3) is 5.91 Å². The van der Waals surface area contributed by atoms with E-state index in [1.807, 2.05) is 26.8 Å². The molecule has 0 fully saturated rings. The van der Waals surface area contributed by atoms with Crippen molar-refractivity contribution < 1.29 is 27.4 Å². The van der Waals surface area contributed by atoms with E-state index in [-0.39, 0.29) is 6.10 Å². The SMILES string of the molecule is CCCO[C@@H](C)COc1cc(C(=O)N[C@H](C)c2cnc(C(F)(F)F)nc2)cc(-c2ncc(C)s2)c1. The quantitative estimate of drug-likeness (QED) is 0.383. The minimum Gasteiger partial charge on any atom is -0.491 e. The molecule has 3 rings (SSSR count). The largest absolute Gasteiger partial charge is 0.491 e. The summed E-state index contributed by atoms with van der Waals surface area (Å²) in [5, 5.41) is 3.51. The fraction of sp³-hybridized carbons (Fsp3) is 0.417. The van der Waals surface area contributed by atoms with Crippen LogP contribution in [0.3, 0.4) is 0 Å². The molecule has 2 aromatic heterocycles. The lowest BCUT2D eigenvalue weighted by Crippen LogP contribution is -2.27. The van der Waals surface area contributed by atoms with Gasteiger partial charge >= 0.3 is 6.18 Å². The van der Waals surface area contributed by atoms with Crippen molar-refractivity contribution in [3.8, 4) is 16.3 Å². The topological polar surface area (TPSA) is 86.2 Å². The zero-order valence-electron chi connectivity index (χ0n) is 19.8. The third-order valence-electron chi connectivity index (χ3n) is 4.90. The van der Waals surface area contributed by atoms with Crippen molar-refractivity contribution in [3.05, 3.63) is 58.6 Å². The van der Waals surface area contributed by atoms with Gasteiger partial charge in [0.1, 0.15) is 17.4 Å². The summed E-state index contributed by atoms with van der Waals surface area (Å²) in [7, 11) is 0. The molecule has 0 bridgehead atoms. The van der Waals surface area contributed by atoms with Crippen molar-refractivity contribution in [2.24, 2.45) is 0 Å². The van der Waals surface area contributed by atoms with E-state index in [1.165, 1.54) is 11.3 Å². The third kappa shape index (κ3) is 7.46. The summed E-state index contributed by atoms with van der Waals surface area (Å²) in [6.07, 6.45) is 0.00676. The first-order valence-corrected chi connectivity index (χ1v) is 11.9. The summed E-state index contributed by atoms with van der Waals surface area (Å²) < 4.78 is 49.7. The first-order chi connectivity index (χ1) is 16.6. The van der Waals surface area contributed by atoms with Crippen LogP contribution in [0.4, 0.5) is 13.2 Å². The van der Waals surface area contributed by atoms with Crippen LogP contribution in [0, 0.1) is 6.92 Å². The van der Waals surface area contributed by atoms with Crippen LogP contribution in [-0.2, 0) is 10.9 Å². The van der Waals surface area contributed by atoms with Crippen LogP contribution in [-0.4, -0.2) is 40.2 Å². The van der Waals surface area contributed by atoms with Gasteiger partial charge in [-0.3, -0.25) is 4.79 Å². The highest BCUT2D eigenvalue weighted by Gasteiger charge is 2.34. The molecular weight excluding hydrogens is 481 g/mol. The molecule has 3 aromatic rings. The van der Waals surface area contributed by atoms with E-state index in [4.69, 9.17) is 9.47 Å². The third-order valence-corrected chi connectivity index (χ3v) is 5.86. The molecule has 0 aliphatic carbocycles. The Hall–Kier alpha value is -3.05. The first-order valence-electron chi connectivity index (χ1n) is 11.1. The van der Waals surface area contributed by atoms with E-state index in [2.05, 4.69) is 20.3 Å². The zero-order valence-corrected chi connectivity index (χ0v) is 20.7. The van der Waals surface area contributed by atoms with Gasteiger partial charge in [-0.25, -0.2) is 15.0 Å². The van der Waals surface area contributed by atoms with E-state index in [9.17, 15) is 18.0 Å². The van der Waals surface area contributed by atoms with Crippen LogP contribution in [0.15, 0.2) is 36.8 Å². The lowest BCUT2D eigenvalue weighted by atomic mass is 10.1. The number of aromatic nitrogens is 3. The minimum atomic E-state index is -4.63. The Morgan fingerprint density at radius 1 is 1.11 bits per heavy atom. The highest BCUT2D eigenvalue weighted by molar-refractivity contribution is 7.14. The first kappa shape index (κ1) is 26.6. The molecule has 1 amide bonds. The molecule has 0 saturated heterocycles. The van der Waals surface area contributed by atoms with Gasteiger partial charge in [0.15, 0.2) is 0 Å². The van der Waals surface area contributed by atoms with E-state index in [1.54, 1.807) is 25.3 Å². The molecule has 35 heavy (non-hydrogen) atoms. The van der Waals surface area contributed by atoms with Crippen molar-refractivity contribution in [2.45, 2.75) is 52.4 Å². The number of ether oxygens (including phenoxy) is 2. The van der Waals surface area contributed by atoms with Crippen molar-refractivity contribution in [3.63, 3.8) is 0 Å². The number of carbonyl (C=O) groups is 1. The predicted molar refractivity (Wildman–Crippen MR) is 126 cm³/mol. The van der Waals surface area contributed by atoms with Gasteiger partial charge in [-0.15, -0.1) is 11.3 Å². The van der Waals surface area contributed by atoms with E-state index >= 15 is 0 Å². The molecule has 11 heteroatoms. The zero-order chi connectivity index (χ0) is 25.6. The number of alkyl halides is 3. The number of nitrogens with one attached hydrogen (secondary N) is 1. The molecule has 0 unspecified atom stereocenters. The Bertz CT molecular complexity index is 1140. The standard InChI is InChI=1S/C24H27F3N4O3S/c1-5-6-33-14(2)13-34-20-8-17(7-18(9-20)22-28-10-15(3)35-22)21(32)31-16(4)19-11-29-23(30-12-19)24(25,26)27/h7-12,14,16H,5-6,13H2,1-4H3,(H,31,32)/t14-,16+/m0/s1. The number of rotatable bonds is 10. The lowest BCUT2D eigenvalue weighted by Gasteiger charge is -2.17. The Balaban J connectivity index is 1.79. The maximum absolute atomic E-state index is 13.0. The second-order valence-corrected chi connectivity index (χ2v) is 9.28. The summed E-state index contributed by atoms with van der Waals surface area (Å²) >= 11 is 1.49. The number of hydrogen-bond acceptors (Lipinski definition) is 7. The molecular formula is C24H27F3N4O3S. The molecule has 0 aliphatic rings. The van der Waals surface area contributed by atoms with Crippen molar-refractivity contribution in [2.75, 3.05) is 13.2 Å². The van der Waals surface area contributed by atoms with Crippen LogP contribution < -0.4 is 10.1 Å². The van der Waals surface area contributed by atoms with Crippen LogP contribution >= 0.6 is 11.3 Å². The van der Waals surface area contributed by atoms with Crippen LogP contribution in [0.5, 0.6) is 5.75 Å². The summed E-state index contributed by atoms with van der Waals surface area (Å²) in [5.41, 5.74) is 1.39. The normalized spacial score (nSPS) is 13.3. The fourth-order valence-corrected chi connectivity index (χ4v) is 3.83. The molecule has 7 nitrogen and oxygen atoms in total. The average molecular weight is 509 g/mol. The molecule has 0 saturated carbocycles. The van der Waals surface area contributed by atoms with Gasteiger partial charge in [0.2, 0.25) is 5.82 Å². The average Bonchev–Trinajstić information content (AvgIpc) is 3.27. The molecule has 0 aliphatic heterocycles. The van der Waals surface area contributed by atoms with Crippen LogP contribution in [0.2, 0.25) is 0 Å². The lowest BCUT2D eigenvalue weighted by molar-refractivity contribution is -0.145. The van der Waals surface area contributed by atoms with Crippen LogP contribution in [0.1, 0.15) is 59.9 Å². The maximum Gasteiger partial charge on any atom is 0.451 e. The molecule has 0 spiro atoms. The second-order valence-electron chi connectivity index (χ2n) is 8.05. The van der Waals surface area contributed by atoms with Gasteiger partial charge in [-0.2, -0.15) is 13.2 Å². The number of amides is 1. The van der Waals surface area contributed by atoms with E-state index in [0.29, 0.717) is 30.1 Å². The number of nitrogens with zero attached hydrogens (tertiary/aromatic N) is 3. The van der Waals surface area contributed by atoms with E-state index < -0.39 is 23.9 Å². The summed E-state index contributed by atoms with van der Waals surface area (Å²) in [6.45, 7) is 8.45. The van der Waals surface area contributed by atoms with Gasteiger partial charge in [-0.1, -0.05) is 6.92 Å². The Kier molecular flexibility index (Phi) is 8.79. The van der Waals surface area contributed by atoms with Crippen molar-refractivity contribution >= 4 is 17.2 Å². The summed E-state index contributed by atoms with van der Waals surface area (Å²) in [5.74, 6) is -1.17. The highest BCUT2D eigenvalue weighted by Crippen LogP contribution is 2.30. The molecule has 188 valence electrons. The number of aryl methyl sites for hydroxylation is 1. The predicted octanol–water partition coefficient (Wildman–Crippen LogP) is 5.61. The number of carbonyl (C=O) groups excluding carboxylic acids is 1. The number of hydrogen-bond donors (Lipinski definition) is 1. The minimum absolute atomic E-state index is 0.127. The molecule has 1 N–H and O–H groups in total. The molecule has 2 heterocycles. The monoisotopic (exact) mass is 508 g/mol. The number of halogens is 3. The van der Waals surface area contributed by atoms with Crippen LogP contribution in [0.25, 0.3) is 10.6 Å². The van der Waals surface area contributed by atoms with Gasteiger partial charge in [-0.05, 0) is 45.4 Å². The van der Waals surface area contributed by atoms with E-state index in [0.717, 1.165) is 34.3 Å². The number of thiazole rings is 1. The molecule has 1 aromatic carbocycles. The molecule has 0 radical (unpaired) electrons. The fourth-order valence-electron chi connectivity index (χ4n) is 3.08. The second kappa shape index (κ2) is 11.6. The summed E-state index contributed by atoms with van der Waals surface area (Å²) in [6, 6.07) is 4.51. The maximum atomic E-state index is 13.0. The van der Waals surface area contributed by atoms with Crippen molar-refractivity contribution in [1.82, 2.24) is 20.3 Å². The van der Waals surface area contributed by atoms with Crippen molar-refractivity contribution in [1.29, 1.82) is 0 Å². The van der Waals surface area contributed by atoms with Gasteiger partial charge in [0, 0.05) is 46.8 Å². The molecule has 2 atom stereocenters. The van der Waals surface area contributed by atoms with Gasteiger partial charge < -0.3 is 14.8 Å². The Labute approximate surface area is 205 Å². The Morgan fingerprint density at radius 3 is 2.43 bits per heavy atom. The smallest absolute Gasteiger partial charge is 0.451 e. The highest BCUT2D eigenvalue weighted by atomic mass is 32.1. The summed E-state index contributed by atoms with van der Waals surface area (Å²) in [4.78, 5) is 25.2. The Morgan fingerprint density at radius 2 is 1.83 bits per heavy atom. The van der Waals surface area contributed by atoms with Gasteiger partial charge in [0.05, 0.1) is 12.1 Å².